The fourth-order valence-electron chi connectivity index (χ4n) is 3.16. The lowest BCUT2D eigenvalue weighted by atomic mass is 10.2. The van der Waals surface area contributed by atoms with Gasteiger partial charge in [-0.1, -0.05) is 13.8 Å². The largest absolute Gasteiger partial charge is 0.366 e. The van der Waals surface area contributed by atoms with Crippen molar-refractivity contribution >= 4 is 5.91 Å². The number of hydrogen-bond acceptors (Lipinski definition) is 5. The highest BCUT2D eigenvalue weighted by atomic mass is 16.5. The van der Waals surface area contributed by atoms with Crippen molar-refractivity contribution in [2.45, 2.75) is 39.6 Å². The second-order valence-electron chi connectivity index (χ2n) is 6.76. The zero-order chi connectivity index (χ0) is 16.2. The summed E-state index contributed by atoms with van der Waals surface area (Å²) in [6.07, 6.45) is -0.387. The van der Waals surface area contributed by atoms with Crippen LogP contribution in [0.25, 0.3) is 0 Å². The second-order valence-corrected chi connectivity index (χ2v) is 6.76. The lowest BCUT2D eigenvalue weighted by molar-refractivity contribution is -0.134. The van der Waals surface area contributed by atoms with Gasteiger partial charge in [0, 0.05) is 32.7 Å². The van der Waals surface area contributed by atoms with E-state index in [1.165, 1.54) is 5.69 Å². The first-order valence-corrected chi connectivity index (χ1v) is 8.50. The summed E-state index contributed by atoms with van der Waals surface area (Å²) < 4.78 is 7.52. The molecule has 2 aliphatic heterocycles. The van der Waals surface area contributed by atoms with Crippen molar-refractivity contribution in [2.75, 3.05) is 32.8 Å². The molecule has 0 spiro atoms. The quantitative estimate of drug-likeness (QED) is 0.796. The Morgan fingerprint density at radius 1 is 1.52 bits per heavy atom. The van der Waals surface area contributed by atoms with Gasteiger partial charge >= 0.3 is 0 Å². The fraction of sp³-hybridized carbons (Fsp3) is 0.750. The number of nitrogens with zero attached hydrogens (tertiary/aromatic N) is 3. The van der Waals surface area contributed by atoms with Gasteiger partial charge in [-0.05, 0) is 12.0 Å². The first-order chi connectivity index (χ1) is 11.1. The molecule has 3 rings (SSSR count). The van der Waals surface area contributed by atoms with Crippen molar-refractivity contribution in [1.82, 2.24) is 25.3 Å². The highest BCUT2D eigenvalue weighted by Crippen LogP contribution is 2.15. The molecule has 1 atom stereocenters. The van der Waals surface area contributed by atoms with Crippen molar-refractivity contribution < 1.29 is 9.53 Å². The molecule has 1 fully saturated rings. The number of carbonyl (C=O) groups excluding carboxylic acids is 1. The first-order valence-electron chi connectivity index (χ1n) is 8.50. The maximum absolute atomic E-state index is 12.1. The molecule has 0 saturated carbocycles. The van der Waals surface area contributed by atoms with Gasteiger partial charge < -0.3 is 15.4 Å². The Morgan fingerprint density at radius 2 is 2.39 bits per heavy atom. The van der Waals surface area contributed by atoms with Crippen LogP contribution in [0.2, 0.25) is 0 Å². The Hall–Kier alpha value is -1.44. The van der Waals surface area contributed by atoms with Crippen molar-refractivity contribution in [3.8, 4) is 0 Å². The zero-order valence-electron chi connectivity index (χ0n) is 14.0. The van der Waals surface area contributed by atoms with E-state index in [1.807, 2.05) is 0 Å². The normalized spacial score (nSPS) is 22.1. The van der Waals surface area contributed by atoms with Gasteiger partial charge in [-0.15, -0.1) is 0 Å². The van der Waals surface area contributed by atoms with E-state index in [1.54, 1.807) is 0 Å². The van der Waals surface area contributed by atoms with Gasteiger partial charge in [0.2, 0.25) is 0 Å². The molecular formula is C16H27N5O2. The van der Waals surface area contributed by atoms with Gasteiger partial charge in [-0.2, -0.15) is 5.10 Å². The molecule has 0 radical (unpaired) electrons. The summed E-state index contributed by atoms with van der Waals surface area (Å²) in [7, 11) is 0. The van der Waals surface area contributed by atoms with E-state index in [2.05, 4.69) is 45.2 Å². The molecule has 0 aromatic carbocycles. The molecule has 0 unspecified atom stereocenters. The molecule has 1 saturated heterocycles. The molecular weight excluding hydrogens is 294 g/mol. The van der Waals surface area contributed by atoms with Crippen LogP contribution in [0.5, 0.6) is 0 Å². The van der Waals surface area contributed by atoms with Crippen molar-refractivity contribution in [3.63, 3.8) is 0 Å². The number of amides is 1. The van der Waals surface area contributed by atoms with E-state index in [9.17, 15) is 4.79 Å². The predicted molar refractivity (Wildman–Crippen MR) is 86.8 cm³/mol. The average Bonchev–Trinajstić information content (AvgIpc) is 2.95. The number of aromatic nitrogens is 2. The molecule has 23 heavy (non-hydrogen) atoms. The Morgan fingerprint density at radius 3 is 3.13 bits per heavy atom. The summed E-state index contributed by atoms with van der Waals surface area (Å²) in [5.74, 6) is 0.608. The SMILES string of the molecule is CC(C)CN1CCn2nc(CNC(=O)[C@@H]3CNCCO3)cc2C1. The van der Waals surface area contributed by atoms with Crippen LogP contribution in [0.3, 0.4) is 0 Å². The van der Waals surface area contributed by atoms with Crippen molar-refractivity contribution in [2.24, 2.45) is 5.92 Å². The number of morpholine rings is 1. The Labute approximate surface area is 137 Å². The first kappa shape index (κ1) is 16.4. The minimum absolute atomic E-state index is 0.0652. The van der Waals surface area contributed by atoms with Crippen molar-refractivity contribution in [3.05, 3.63) is 17.5 Å². The van der Waals surface area contributed by atoms with E-state index in [-0.39, 0.29) is 12.0 Å². The number of carbonyl (C=O) groups is 1. The van der Waals surface area contributed by atoms with Crippen LogP contribution in [0.15, 0.2) is 6.07 Å². The fourth-order valence-corrected chi connectivity index (χ4v) is 3.16. The summed E-state index contributed by atoms with van der Waals surface area (Å²) >= 11 is 0. The third kappa shape index (κ3) is 4.31. The topological polar surface area (TPSA) is 71.4 Å². The number of nitrogens with one attached hydrogen (secondary N) is 2. The Kier molecular flexibility index (Phi) is 5.30. The third-order valence-electron chi connectivity index (χ3n) is 4.21. The predicted octanol–water partition coefficient (Wildman–Crippen LogP) is -0.0407. The van der Waals surface area contributed by atoms with Crippen LogP contribution in [-0.2, 0) is 29.2 Å². The minimum Gasteiger partial charge on any atom is -0.366 e. The highest BCUT2D eigenvalue weighted by Gasteiger charge is 2.22. The van der Waals surface area contributed by atoms with Gasteiger partial charge in [0.25, 0.3) is 5.91 Å². The van der Waals surface area contributed by atoms with Crippen LogP contribution >= 0.6 is 0 Å². The number of hydrogen-bond donors (Lipinski definition) is 2. The monoisotopic (exact) mass is 321 g/mol. The highest BCUT2D eigenvalue weighted by molar-refractivity contribution is 5.81. The second kappa shape index (κ2) is 7.42. The van der Waals surface area contributed by atoms with Crippen molar-refractivity contribution in [1.29, 1.82) is 0 Å². The van der Waals surface area contributed by atoms with Crippen LogP contribution in [0.4, 0.5) is 0 Å². The maximum atomic E-state index is 12.1. The number of fused-ring (bicyclic) bond motifs is 1. The molecule has 3 heterocycles. The van der Waals surface area contributed by atoms with Gasteiger partial charge in [0.1, 0.15) is 6.10 Å². The summed E-state index contributed by atoms with van der Waals surface area (Å²) in [6, 6.07) is 2.10. The van der Waals surface area contributed by atoms with E-state index < -0.39 is 0 Å². The standard InChI is InChI=1S/C16H27N5O2/c1-12(2)10-20-4-5-21-14(11-20)7-13(19-21)8-18-16(22)15-9-17-3-6-23-15/h7,12,15,17H,3-6,8-11H2,1-2H3,(H,18,22)/t15-/m0/s1. The van der Waals surface area contributed by atoms with E-state index in [4.69, 9.17) is 4.74 Å². The Bertz CT molecular complexity index is 537. The third-order valence-corrected chi connectivity index (χ3v) is 4.21. The molecule has 2 N–H and O–H groups in total. The van der Waals surface area contributed by atoms with Gasteiger partial charge in [0.05, 0.1) is 31.1 Å². The number of rotatable bonds is 5. The molecule has 128 valence electrons. The Balaban J connectivity index is 1.52. The molecule has 1 amide bonds. The molecule has 0 aliphatic carbocycles. The van der Waals surface area contributed by atoms with Gasteiger partial charge in [-0.25, -0.2) is 0 Å². The van der Waals surface area contributed by atoms with Crippen LogP contribution in [-0.4, -0.2) is 59.5 Å². The minimum atomic E-state index is -0.387. The molecule has 2 aliphatic rings. The summed E-state index contributed by atoms with van der Waals surface area (Å²) in [5, 5.41) is 10.7. The van der Waals surface area contributed by atoms with Crippen LogP contribution < -0.4 is 10.6 Å². The molecule has 0 bridgehead atoms. The zero-order valence-corrected chi connectivity index (χ0v) is 14.0. The number of ether oxygens (including phenoxy) is 1. The lowest BCUT2D eigenvalue weighted by Gasteiger charge is -2.28. The maximum Gasteiger partial charge on any atom is 0.250 e. The lowest BCUT2D eigenvalue weighted by Crippen LogP contribution is -2.47. The average molecular weight is 321 g/mol. The van der Waals surface area contributed by atoms with Gasteiger partial charge in [-0.3, -0.25) is 14.4 Å². The van der Waals surface area contributed by atoms with Crippen LogP contribution in [0.1, 0.15) is 25.2 Å². The summed E-state index contributed by atoms with van der Waals surface area (Å²) in [6.45, 7) is 10.9. The van der Waals surface area contributed by atoms with E-state index >= 15 is 0 Å². The summed E-state index contributed by atoms with van der Waals surface area (Å²) in [5.41, 5.74) is 2.15. The smallest absolute Gasteiger partial charge is 0.250 e. The molecule has 7 nitrogen and oxygen atoms in total. The molecule has 1 aromatic rings. The molecule has 7 heteroatoms. The molecule has 1 aromatic heterocycles. The summed E-state index contributed by atoms with van der Waals surface area (Å²) in [4.78, 5) is 14.5. The van der Waals surface area contributed by atoms with E-state index in [0.29, 0.717) is 25.6 Å². The van der Waals surface area contributed by atoms with Crippen LogP contribution in [0, 0.1) is 5.92 Å². The van der Waals surface area contributed by atoms with Gasteiger partial charge in [0.15, 0.2) is 0 Å². The van der Waals surface area contributed by atoms with E-state index in [0.717, 1.165) is 38.4 Å².